The molecule has 6 heteroatoms. The van der Waals surface area contributed by atoms with Gasteiger partial charge in [-0.3, -0.25) is 4.79 Å². The van der Waals surface area contributed by atoms with Crippen molar-refractivity contribution in [3.63, 3.8) is 0 Å². The minimum atomic E-state index is -0.252. The van der Waals surface area contributed by atoms with Crippen molar-refractivity contribution in [1.29, 1.82) is 0 Å². The van der Waals surface area contributed by atoms with Crippen LogP contribution in [-0.4, -0.2) is 23.8 Å². The van der Waals surface area contributed by atoms with Crippen molar-refractivity contribution in [2.24, 2.45) is 0 Å². The second-order valence-corrected chi connectivity index (χ2v) is 4.45. The van der Waals surface area contributed by atoms with Crippen molar-refractivity contribution < 1.29 is 9.53 Å². The third kappa shape index (κ3) is 4.28. The minimum Gasteiger partial charge on any atom is -0.468 e. The number of pyridine rings is 1. The first-order valence-corrected chi connectivity index (χ1v) is 5.99. The highest BCUT2D eigenvalue weighted by Gasteiger charge is 2.05. The molecule has 1 heterocycles. The van der Waals surface area contributed by atoms with Crippen LogP contribution in [0.4, 0.5) is 0 Å². The molecule has 0 aliphatic carbocycles. The Labute approximate surface area is 102 Å². The summed E-state index contributed by atoms with van der Waals surface area (Å²) >= 11 is 13.0. The zero-order chi connectivity index (χ0) is 11.3. The molecule has 1 aromatic heterocycles. The predicted molar refractivity (Wildman–Crippen MR) is 62.4 cm³/mol. The van der Waals surface area contributed by atoms with Crippen LogP contribution in [0.2, 0.25) is 10.2 Å². The lowest BCUT2D eigenvalue weighted by Gasteiger charge is -2.03. The zero-order valence-corrected chi connectivity index (χ0v) is 10.3. The first-order valence-electron chi connectivity index (χ1n) is 4.08. The highest BCUT2D eigenvalue weighted by molar-refractivity contribution is 7.99. The fourth-order valence-electron chi connectivity index (χ4n) is 0.845. The van der Waals surface area contributed by atoms with E-state index in [2.05, 4.69) is 9.72 Å². The van der Waals surface area contributed by atoms with Crippen molar-refractivity contribution in [3.8, 4) is 0 Å². The minimum absolute atomic E-state index is 0.252. The largest absolute Gasteiger partial charge is 0.468 e. The highest BCUT2D eigenvalue weighted by Crippen LogP contribution is 2.22. The third-order valence-electron chi connectivity index (χ3n) is 1.60. The number of aromatic nitrogens is 1. The molecule has 0 bridgehead atoms. The number of carbonyl (C=O) groups excluding carboxylic acids is 1. The molecule has 0 atom stereocenters. The maximum atomic E-state index is 10.8. The number of ether oxygens (including phenoxy) is 1. The maximum Gasteiger partial charge on any atom is 0.315 e. The van der Waals surface area contributed by atoms with Crippen LogP contribution in [0.5, 0.6) is 0 Å². The Morgan fingerprint density at radius 2 is 2.33 bits per heavy atom. The summed E-state index contributed by atoms with van der Waals surface area (Å²) in [5.74, 6) is 0.658. The monoisotopic (exact) mass is 265 g/mol. The number of carbonyl (C=O) groups is 1. The van der Waals surface area contributed by atoms with Gasteiger partial charge in [-0.1, -0.05) is 23.2 Å². The van der Waals surface area contributed by atoms with E-state index >= 15 is 0 Å². The Hall–Kier alpha value is -0.450. The molecule has 0 aromatic carbocycles. The summed E-state index contributed by atoms with van der Waals surface area (Å²) in [7, 11) is 1.36. The van der Waals surface area contributed by atoms with Crippen LogP contribution in [0, 0.1) is 0 Å². The summed E-state index contributed by atoms with van der Waals surface area (Å²) in [6, 6.07) is 1.58. The van der Waals surface area contributed by atoms with Crippen LogP contribution in [0.25, 0.3) is 0 Å². The first-order chi connectivity index (χ1) is 7.13. The average Bonchev–Trinajstić information content (AvgIpc) is 2.21. The number of thioether (sulfide) groups is 1. The molecule has 0 aliphatic rings. The van der Waals surface area contributed by atoms with E-state index in [1.807, 2.05) is 0 Å². The van der Waals surface area contributed by atoms with E-state index in [9.17, 15) is 4.79 Å². The molecule has 0 N–H and O–H groups in total. The summed E-state index contributed by atoms with van der Waals surface area (Å²) in [4.78, 5) is 14.7. The van der Waals surface area contributed by atoms with E-state index in [1.165, 1.54) is 18.9 Å². The number of hydrogen-bond acceptors (Lipinski definition) is 4. The van der Waals surface area contributed by atoms with Gasteiger partial charge in [-0.2, -0.15) is 0 Å². The Morgan fingerprint density at radius 1 is 1.60 bits per heavy atom. The van der Waals surface area contributed by atoms with Crippen molar-refractivity contribution >= 4 is 40.9 Å². The van der Waals surface area contributed by atoms with E-state index in [4.69, 9.17) is 23.2 Å². The quantitative estimate of drug-likeness (QED) is 0.620. The number of nitrogens with zero attached hydrogens (tertiary/aromatic N) is 1. The molecule has 0 radical (unpaired) electrons. The molecule has 0 saturated heterocycles. The Bertz CT molecular complexity index is 360. The smallest absolute Gasteiger partial charge is 0.315 e. The van der Waals surface area contributed by atoms with Gasteiger partial charge in [0.1, 0.15) is 5.15 Å². The van der Waals surface area contributed by atoms with Crippen molar-refractivity contribution in [3.05, 3.63) is 28.0 Å². The van der Waals surface area contributed by atoms with E-state index in [0.29, 0.717) is 21.7 Å². The van der Waals surface area contributed by atoms with Crippen LogP contribution in [0.1, 0.15) is 5.56 Å². The van der Waals surface area contributed by atoms with Crippen molar-refractivity contribution in [2.75, 3.05) is 12.9 Å². The van der Waals surface area contributed by atoms with Crippen LogP contribution >= 0.6 is 35.0 Å². The summed E-state index contributed by atoms with van der Waals surface area (Å²) in [6.45, 7) is 0. The van der Waals surface area contributed by atoms with Gasteiger partial charge >= 0.3 is 5.97 Å². The van der Waals surface area contributed by atoms with Crippen molar-refractivity contribution in [2.45, 2.75) is 5.75 Å². The molecule has 3 nitrogen and oxygen atoms in total. The van der Waals surface area contributed by atoms with Crippen LogP contribution in [0.3, 0.4) is 0 Å². The molecule has 1 rings (SSSR count). The highest BCUT2D eigenvalue weighted by atomic mass is 35.5. The Morgan fingerprint density at radius 3 is 2.93 bits per heavy atom. The molecule has 0 spiro atoms. The summed E-state index contributed by atoms with van der Waals surface area (Å²) < 4.78 is 4.51. The SMILES string of the molecule is COC(=O)CSCc1cnc(Cl)cc1Cl. The average molecular weight is 266 g/mol. The number of hydrogen-bond donors (Lipinski definition) is 0. The van der Waals surface area contributed by atoms with Gasteiger partial charge in [0.2, 0.25) is 0 Å². The summed E-state index contributed by atoms with van der Waals surface area (Å²) in [6.07, 6.45) is 1.61. The molecule has 15 heavy (non-hydrogen) atoms. The van der Waals surface area contributed by atoms with Crippen LogP contribution < -0.4 is 0 Å². The molecular formula is C9H9Cl2NO2S. The second kappa shape index (κ2) is 6.20. The predicted octanol–water partition coefficient (Wildman–Crippen LogP) is 2.79. The topological polar surface area (TPSA) is 39.2 Å². The molecule has 0 aliphatic heterocycles. The molecule has 1 aromatic rings. The van der Waals surface area contributed by atoms with Gasteiger partial charge in [0.25, 0.3) is 0 Å². The summed E-state index contributed by atoms with van der Waals surface area (Å²) in [5.41, 5.74) is 0.856. The molecule has 0 fully saturated rings. The van der Waals surface area contributed by atoms with Gasteiger partial charge in [0.05, 0.1) is 12.9 Å². The number of methoxy groups -OCH3 is 1. The molecule has 82 valence electrons. The number of halogens is 2. The van der Waals surface area contributed by atoms with Gasteiger partial charge in [-0.05, 0) is 11.6 Å². The first kappa shape index (κ1) is 12.6. The Balaban J connectivity index is 2.47. The fourth-order valence-corrected chi connectivity index (χ4v) is 2.19. The second-order valence-electron chi connectivity index (χ2n) is 2.67. The standard InChI is InChI=1S/C9H9Cl2NO2S/c1-14-9(13)5-15-4-6-3-12-8(11)2-7(6)10/h2-3H,4-5H2,1H3. The summed E-state index contributed by atoms with van der Waals surface area (Å²) in [5, 5.41) is 0.925. The van der Waals surface area contributed by atoms with E-state index < -0.39 is 0 Å². The molecule has 0 amide bonds. The zero-order valence-electron chi connectivity index (χ0n) is 8.00. The number of rotatable bonds is 4. The van der Waals surface area contributed by atoms with Gasteiger partial charge in [-0.25, -0.2) is 4.98 Å². The van der Waals surface area contributed by atoms with E-state index in [0.717, 1.165) is 5.56 Å². The normalized spacial score (nSPS) is 10.1. The van der Waals surface area contributed by atoms with Gasteiger partial charge in [0, 0.05) is 17.0 Å². The lowest BCUT2D eigenvalue weighted by molar-refractivity contribution is -0.137. The number of esters is 1. The van der Waals surface area contributed by atoms with Crippen LogP contribution in [0.15, 0.2) is 12.3 Å². The van der Waals surface area contributed by atoms with Gasteiger partial charge in [-0.15, -0.1) is 11.8 Å². The lowest BCUT2D eigenvalue weighted by Crippen LogP contribution is -2.03. The molecular weight excluding hydrogens is 257 g/mol. The fraction of sp³-hybridized carbons (Fsp3) is 0.333. The lowest BCUT2D eigenvalue weighted by atomic mass is 10.3. The van der Waals surface area contributed by atoms with Crippen LogP contribution in [-0.2, 0) is 15.3 Å². The van der Waals surface area contributed by atoms with Gasteiger partial charge in [0.15, 0.2) is 0 Å². The van der Waals surface area contributed by atoms with E-state index in [-0.39, 0.29) is 5.97 Å². The van der Waals surface area contributed by atoms with E-state index in [1.54, 1.807) is 12.3 Å². The maximum absolute atomic E-state index is 10.8. The van der Waals surface area contributed by atoms with Gasteiger partial charge < -0.3 is 4.74 Å². The molecule has 0 saturated carbocycles. The third-order valence-corrected chi connectivity index (χ3v) is 3.11. The van der Waals surface area contributed by atoms with Crippen molar-refractivity contribution in [1.82, 2.24) is 4.98 Å². The molecule has 0 unspecified atom stereocenters. The Kier molecular flexibility index (Phi) is 5.22.